The fraction of sp³-hybridized carbons (Fsp3) is 0.641. The summed E-state index contributed by atoms with van der Waals surface area (Å²) < 4.78 is 23.5. The smallest absolute Gasteiger partial charge is 0.410 e. The van der Waals surface area contributed by atoms with Crippen LogP contribution in [0.5, 0.6) is 11.5 Å². The number of nitrogens with two attached hydrogens (primary N) is 1. The molecule has 2 aromatic rings. The average Bonchev–Trinajstić information content (AvgIpc) is 2.97. The predicted octanol–water partition coefficient (Wildman–Crippen LogP) is 8.36. The molecule has 0 saturated carbocycles. The van der Waals surface area contributed by atoms with Gasteiger partial charge in [0, 0.05) is 74.8 Å². The van der Waals surface area contributed by atoms with Crippen molar-refractivity contribution in [2.24, 2.45) is 0 Å². The number of nitrogen functional groups attached to an aromatic ring is 1. The van der Waals surface area contributed by atoms with E-state index in [-0.39, 0.29) is 47.6 Å². The van der Waals surface area contributed by atoms with Gasteiger partial charge in [0.1, 0.15) is 33.9 Å². The molecule has 2 fully saturated rings. The Morgan fingerprint density at radius 2 is 0.981 bits per heavy atom. The molecule has 0 spiro atoms. The highest BCUT2D eigenvalue weighted by Gasteiger charge is 2.45. The van der Waals surface area contributed by atoms with Gasteiger partial charge < -0.3 is 39.6 Å². The molecule has 4 unspecified atom stereocenters. The van der Waals surface area contributed by atoms with Crippen molar-refractivity contribution in [2.45, 2.75) is 155 Å². The minimum atomic E-state index is -0.535. The molecule has 2 heterocycles. The van der Waals surface area contributed by atoms with Crippen LogP contribution in [0, 0.1) is 10.1 Å². The summed E-state index contributed by atoms with van der Waals surface area (Å²) in [7, 11) is 1.00. The molecule has 13 heteroatoms. The van der Waals surface area contributed by atoms with Crippen molar-refractivity contribution in [1.82, 2.24) is 9.80 Å². The Bertz CT molecular complexity index is 1440. The molecule has 292 valence electrons. The predicted molar refractivity (Wildman–Crippen MR) is 203 cm³/mol. The highest BCUT2D eigenvalue weighted by atomic mass is 16.6. The van der Waals surface area contributed by atoms with Crippen LogP contribution in [0.1, 0.15) is 109 Å². The Labute approximate surface area is 309 Å². The van der Waals surface area contributed by atoms with E-state index in [2.05, 4.69) is 6.92 Å². The minimum absolute atomic E-state index is 0.0315. The van der Waals surface area contributed by atoms with Gasteiger partial charge in [-0.2, -0.15) is 0 Å². The number of piperidine rings is 2. The molecule has 2 aromatic carbocycles. The number of non-ortho nitro benzene ring substituents is 1. The topological polar surface area (TPSA) is 167 Å². The van der Waals surface area contributed by atoms with Crippen molar-refractivity contribution in [3.05, 3.63) is 58.6 Å². The second-order valence-electron chi connectivity index (χ2n) is 16.4. The molecule has 2 amide bonds. The summed E-state index contributed by atoms with van der Waals surface area (Å²) in [5.74, 6) is 1.39. The zero-order valence-electron chi connectivity index (χ0n) is 33.4. The van der Waals surface area contributed by atoms with Crippen LogP contribution in [0.3, 0.4) is 0 Å². The van der Waals surface area contributed by atoms with Crippen molar-refractivity contribution in [2.75, 3.05) is 12.8 Å². The number of ether oxygens (including phenoxy) is 4. The van der Waals surface area contributed by atoms with Crippen molar-refractivity contribution >= 4 is 23.6 Å². The number of benzene rings is 2. The maximum atomic E-state index is 12.5. The van der Waals surface area contributed by atoms with Crippen molar-refractivity contribution < 1.29 is 38.6 Å². The number of carbonyl (C=O) groups is 2. The molecular formula is C39H62N4O9. The Balaban J connectivity index is 0.000000345. The van der Waals surface area contributed by atoms with Crippen LogP contribution in [0.4, 0.5) is 21.0 Å². The average molecular weight is 731 g/mol. The number of nitro groups is 1. The zero-order valence-corrected chi connectivity index (χ0v) is 33.4. The third-order valence-corrected chi connectivity index (χ3v) is 8.67. The largest absolute Gasteiger partial charge is 0.487 e. The van der Waals surface area contributed by atoms with Gasteiger partial charge in [-0.15, -0.1) is 0 Å². The lowest BCUT2D eigenvalue weighted by Crippen LogP contribution is -2.57. The van der Waals surface area contributed by atoms with Crippen LogP contribution in [-0.4, -0.2) is 85.7 Å². The summed E-state index contributed by atoms with van der Waals surface area (Å²) in [6.07, 6.45) is 2.23. The second-order valence-corrected chi connectivity index (χ2v) is 16.4. The van der Waals surface area contributed by atoms with Gasteiger partial charge in [0.2, 0.25) is 0 Å². The number of carbonyl (C=O) groups excluding carboxylic acids is 2. The fourth-order valence-corrected chi connectivity index (χ4v) is 7.19. The highest BCUT2D eigenvalue weighted by Crippen LogP contribution is 2.37. The monoisotopic (exact) mass is 730 g/mol. The van der Waals surface area contributed by atoms with E-state index in [1.54, 1.807) is 17.0 Å². The number of hydrogen-bond acceptors (Lipinski definition) is 10. The maximum Gasteiger partial charge on any atom is 0.410 e. The third-order valence-electron chi connectivity index (χ3n) is 8.67. The number of amides is 2. The SMILES string of the molecule is CC1CC(C)(Oc2ccc(N)cc2)CC(C)N1C(=O)OC(C)(C)C.CC1CC(C)(Oc2ccc([N+](=O)[O-])cc2)CC(C)N1C(=O)OC(C)(C)C.CO. The number of likely N-dealkylation sites (tertiary alicyclic amines) is 2. The Kier molecular flexibility index (Phi) is 14.8. The van der Waals surface area contributed by atoms with Crippen molar-refractivity contribution in [3.8, 4) is 11.5 Å². The number of rotatable bonds is 5. The van der Waals surface area contributed by atoms with Crippen molar-refractivity contribution in [3.63, 3.8) is 0 Å². The first-order valence-corrected chi connectivity index (χ1v) is 17.8. The molecule has 3 N–H and O–H groups in total. The molecule has 4 atom stereocenters. The first-order valence-electron chi connectivity index (χ1n) is 17.8. The summed E-state index contributed by atoms with van der Waals surface area (Å²) in [6, 6.07) is 13.5. The van der Waals surface area contributed by atoms with Crippen LogP contribution in [-0.2, 0) is 9.47 Å². The Morgan fingerprint density at radius 1 is 0.692 bits per heavy atom. The van der Waals surface area contributed by atoms with E-state index in [1.165, 1.54) is 12.1 Å². The molecular weight excluding hydrogens is 668 g/mol. The molecule has 4 rings (SSSR count). The van der Waals surface area contributed by atoms with Gasteiger partial charge in [-0.05, 0) is 119 Å². The van der Waals surface area contributed by atoms with E-state index >= 15 is 0 Å². The van der Waals surface area contributed by atoms with E-state index < -0.39 is 21.7 Å². The van der Waals surface area contributed by atoms with Crippen LogP contribution < -0.4 is 15.2 Å². The van der Waals surface area contributed by atoms with Crippen molar-refractivity contribution in [1.29, 1.82) is 0 Å². The van der Waals surface area contributed by atoms with Crippen LogP contribution in [0.25, 0.3) is 0 Å². The normalized spacial score (nSPS) is 26.0. The highest BCUT2D eigenvalue weighted by molar-refractivity contribution is 5.69. The minimum Gasteiger partial charge on any atom is -0.487 e. The number of hydrogen-bond donors (Lipinski definition) is 2. The lowest BCUT2D eigenvalue weighted by Gasteiger charge is -2.47. The Hall–Kier alpha value is -4.26. The standard InChI is InChI=1S/C19H28N2O5.C19H30N2O3.CH4O/c1-13-11-19(6,25-16-9-7-15(8-10-16)21(23)24)12-14(2)20(13)17(22)26-18(3,4)5;1-13-11-19(6,23-16-9-7-15(20)8-10-16)12-14(2)21(13)17(22)24-18(3,4)5;1-2/h7-10,13-14H,11-12H2,1-6H3;7-10,13-14H,11-12,20H2,1-6H3;2H,1H3. The fourth-order valence-electron chi connectivity index (χ4n) is 7.19. The van der Waals surface area contributed by atoms with Gasteiger partial charge in [-0.3, -0.25) is 10.1 Å². The van der Waals surface area contributed by atoms with Gasteiger partial charge >= 0.3 is 12.2 Å². The van der Waals surface area contributed by atoms with E-state index in [0.717, 1.165) is 25.7 Å². The molecule has 52 heavy (non-hydrogen) atoms. The van der Waals surface area contributed by atoms with E-state index in [4.69, 9.17) is 29.8 Å². The number of anilines is 1. The first-order chi connectivity index (χ1) is 23.9. The lowest BCUT2D eigenvalue weighted by molar-refractivity contribution is -0.384. The van der Waals surface area contributed by atoms with Gasteiger partial charge in [-0.1, -0.05) is 0 Å². The number of aliphatic hydroxyl groups excluding tert-OH is 1. The molecule has 2 aliphatic heterocycles. The summed E-state index contributed by atoms with van der Waals surface area (Å²) in [4.78, 5) is 38.9. The number of nitrogens with zero attached hydrogens (tertiary/aromatic N) is 3. The molecule has 2 saturated heterocycles. The van der Waals surface area contributed by atoms with Crippen LogP contribution in [0.15, 0.2) is 48.5 Å². The number of aliphatic hydroxyl groups is 1. The van der Waals surface area contributed by atoms with E-state index in [9.17, 15) is 19.7 Å². The zero-order chi connectivity index (χ0) is 39.8. The first kappa shape index (κ1) is 43.9. The van der Waals surface area contributed by atoms with Crippen LogP contribution in [0.2, 0.25) is 0 Å². The van der Waals surface area contributed by atoms with Gasteiger partial charge in [0.25, 0.3) is 5.69 Å². The van der Waals surface area contributed by atoms with E-state index in [0.29, 0.717) is 24.3 Å². The Morgan fingerprint density at radius 3 is 1.25 bits per heavy atom. The third kappa shape index (κ3) is 13.1. The summed E-state index contributed by atoms with van der Waals surface area (Å²) in [6.45, 7) is 23.4. The molecule has 13 nitrogen and oxygen atoms in total. The molecule has 2 aliphatic rings. The summed E-state index contributed by atoms with van der Waals surface area (Å²) in [5, 5.41) is 17.8. The number of nitro benzene ring substituents is 1. The lowest BCUT2D eigenvalue weighted by atomic mass is 9.84. The molecule has 0 aliphatic carbocycles. The quantitative estimate of drug-likeness (QED) is 0.173. The van der Waals surface area contributed by atoms with Gasteiger partial charge in [-0.25, -0.2) is 9.59 Å². The molecule has 0 bridgehead atoms. The van der Waals surface area contributed by atoms with Crippen LogP contribution >= 0.6 is 0 Å². The summed E-state index contributed by atoms with van der Waals surface area (Å²) in [5.41, 5.74) is 4.66. The molecule has 0 radical (unpaired) electrons. The molecule has 0 aromatic heterocycles. The summed E-state index contributed by atoms with van der Waals surface area (Å²) >= 11 is 0. The van der Waals surface area contributed by atoms with Gasteiger partial charge in [0.05, 0.1) is 4.92 Å². The van der Waals surface area contributed by atoms with E-state index in [1.807, 2.05) is 105 Å². The maximum absolute atomic E-state index is 12.5. The second kappa shape index (κ2) is 17.5. The van der Waals surface area contributed by atoms with Gasteiger partial charge in [0.15, 0.2) is 0 Å².